The Labute approximate surface area is 163 Å². The minimum absolute atomic E-state index is 0.0576. The van der Waals surface area contributed by atoms with E-state index in [9.17, 15) is 18.8 Å². The molecule has 3 rings (SSSR count). The summed E-state index contributed by atoms with van der Waals surface area (Å²) in [4.78, 5) is 12.4. The van der Waals surface area contributed by atoms with Crippen LogP contribution >= 0.6 is 0 Å². The third-order valence-corrected chi connectivity index (χ3v) is 5.39. The third-order valence-electron chi connectivity index (χ3n) is 4.02. The van der Waals surface area contributed by atoms with E-state index < -0.39 is 23.0 Å². The van der Waals surface area contributed by atoms with Crippen LogP contribution in [0.2, 0.25) is 0 Å². The van der Waals surface area contributed by atoms with Crippen molar-refractivity contribution in [1.82, 2.24) is 0 Å². The van der Waals surface area contributed by atoms with Gasteiger partial charge in [0.1, 0.15) is 29.5 Å². The predicted molar refractivity (Wildman–Crippen MR) is 102 cm³/mol. The maximum atomic E-state index is 13.1. The molecule has 3 N–H and O–H groups in total. The van der Waals surface area contributed by atoms with Crippen molar-refractivity contribution in [3.05, 3.63) is 71.9 Å². The van der Waals surface area contributed by atoms with Gasteiger partial charge in [0.2, 0.25) is 0 Å². The molecule has 0 aliphatic carbocycles. The van der Waals surface area contributed by atoms with Crippen LogP contribution in [0, 0.1) is 5.82 Å². The van der Waals surface area contributed by atoms with Crippen molar-refractivity contribution in [2.24, 2.45) is 5.73 Å². The van der Waals surface area contributed by atoms with Crippen molar-refractivity contribution in [2.75, 3.05) is 13.2 Å². The lowest BCUT2D eigenvalue weighted by Crippen LogP contribution is -2.16. The number of carboxylic acid groups (broad SMARTS) is 1. The molecule has 1 unspecified atom stereocenters. The average Bonchev–Trinajstić information content (AvgIpc) is 3.21. The Morgan fingerprint density at radius 3 is 2.57 bits per heavy atom. The Bertz CT molecular complexity index is 944. The number of hydrogen-bond acceptors (Lipinski definition) is 5. The number of ether oxygens (including phenoxy) is 1. The van der Waals surface area contributed by atoms with E-state index in [-0.39, 0.29) is 30.2 Å². The van der Waals surface area contributed by atoms with E-state index in [0.717, 1.165) is 0 Å². The van der Waals surface area contributed by atoms with E-state index in [1.807, 2.05) is 0 Å². The van der Waals surface area contributed by atoms with Crippen molar-refractivity contribution < 1.29 is 28.0 Å². The first kappa shape index (κ1) is 19.9. The molecule has 2 aromatic carbocycles. The summed E-state index contributed by atoms with van der Waals surface area (Å²) in [7, 11) is 0. The van der Waals surface area contributed by atoms with Crippen LogP contribution in [0.25, 0.3) is 11.1 Å². The second-order valence-electron chi connectivity index (χ2n) is 5.87. The van der Waals surface area contributed by atoms with E-state index >= 15 is 0 Å². The number of aromatic carboxylic acids is 1. The van der Waals surface area contributed by atoms with Crippen molar-refractivity contribution in [1.29, 1.82) is 0 Å². The molecule has 6 nitrogen and oxygen atoms in total. The minimum Gasteiger partial charge on any atom is -0.611 e. The predicted octanol–water partition coefficient (Wildman–Crippen LogP) is 3.43. The van der Waals surface area contributed by atoms with Gasteiger partial charge in [-0.2, -0.15) is 0 Å². The first-order valence-electron chi connectivity index (χ1n) is 8.39. The van der Waals surface area contributed by atoms with Crippen LogP contribution in [0.3, 0.4) is 0 Å². The molecular weight excluding hydrogens is 385 g/mol. The lowest BCUT2D eigenvalue weighted by Gasteiger charge is -2.17. The fourth-order valence-corrected chi connectivity index (χ4v) is 3.87. The first-order chi connectivity index (χ1) is 13.5. The Morgan fingerprint density at radius 2 is 1.96 bits per heavy atom. The maximum Gasteiger partial charge on any atom is 0.339 e. The summed E-state index contributed by atoms with van der Waals surface area (Å²) in [5.41, 5.74) is 6.96. The first-order valence-corrected chi connectivity index (χ1v) is 9.71. The normalized spacial score (nSPS) is 12.0. The Morgan fingerprint density at radius 1 is 1.21 bits per heavy atom. The summed E-state index contributed by atoms with van der Waals surface area (Å²) in [6.07, 6.45) is 2.95. The molecule has 1 atom stereocenters. The molecule has 1 heterocycles. The number of halogens is 1. The summed E-state index contributed by atoms with van der Waals surface area (Å²) in [5, 5.41) is 9.80. The zero-order valence-corrected chi connectivity index (χ0v) is 15.6. The van der Waals surface area contributed by atoms with E-state index in [2.05, 4.69) is 0 Å². The molecular formula is C20H18FNO5S. The maximum absolute atomic E-state index is 13.1. The molecule has 1 aromatic heterocycles. The molecule has 0 fully saturated rings. The summed E-state index contributed by atoms with van der Waals surface area (Å²) in [6, 6.07) is 10.2. The Balaban J connectivity index is 2.03. The van der Waals surface area contributed by atoms with Gasteiger partial charge in [-0.1, -0.05) is 12.1 Å². The number of hydrogen-bond donors (Lipinski definition) is 2. The lowest BCUT2D eigenvalue weighted by molar-refractivity contribution is 0.0691. The molecule has 28 heavy (non-hydrogen) atoms. The Hall–Kier alpha value is -2.81. The van der Waals surface area contributed by atoms with Gasteiger partial charge in [-0.15, -0.1) is 0 Å². The van der Waals surface area contributed by atoms with Crippen LogP contribution < -0.4 is 10.5 Å². The van der Waals surface area contributed by atoms with Crippen LogP contribution in [0.1, 0.15) is 15.9 Å². The second kappa shape index (κ2) is 8.92. The molecule has 3 aromatic rings. The number of benzene rings is 2. The summed E-state index contributed by atoms with van der Waals surface area (Å²) in [5.74, 6) is -1.55. The molecule has 0 radical (unpaired) electrons. The smallest absolute Gasteiger partial charge is 0.339 e. The number of furan rings is 1. The van der Waals surface area contributed by atoms with Crippen molar-refractivity contribution in [2.45, 2.75) is 10.6 Å². The Kier molecular flexibility index (Phi) is 6.35. The van der Waals surface area contributed by atoms with Crippen molar-refractivity contribution in [3.63, 3.8) is 0 Å². The van der Waals surface area contributed by atoms with Gasteiger partial charge in [-0.25, -0.2) is 9.18 Å². The second-order valence-corrected chi connectivity index (χ2v) is 7.33. The molecule has 0 aliphatic heterocycles. The van der Waals surface area contributed by atoms with Gasteiger partial charge in [0.15, 0.2) is 4.90 Å². The van der Waals surface area contributed by atoms with E-state index in [4.69, 9.17) is 14.9 Å². The SMILES string of the molecule is NCCOc1c(-c2ccoc2)ccc(C[S+]([O-])c2ccc(F)cc2)c1C(=O)O. The highest BCUT2D eigenvalue weighted by Gasteiger charge is 2.25. The van der Waals surface area contributed by atoms with E-state index in [0.29, 0.717) is 21.6 Å². The minimum atomic E-state index is -1.56. The third kappa shape index (κ3) is 4.36. The average molecular weight is 403 g/mol. The van der Waals surface area contributed by atoms with Gasteiger partial charge >= 0.3 is 5.97 Å². The van der Waals surface area contributed by atoms with Gasteiger partial charge in [-0.3, -0.25) is 0 Å². The largest absolute Gasteiger partial charge is 0.611 e. The van der Waals surface area contributed by atoms with Gasteiger partial charge in [0, 0.05) is 23.2 Å². The van der Waals surface area contributed by atoms with Gasteiger partial charge in [0.25, 0.3) is 0 Å². The van der Waals surface area contributed by atoms with Crippen molar-refractivity contribution in [3.8, 4) is 16.9 Å². The highest BCUT2D eigenvalue weighted by atomic mass is 32.2. The van der Waals surface area contributed by atoms with Gasteiger partial charge in [0.05, 0.1) is 12.5 Å². The zero-order valence-electron chi connectivity index (χ0n) is 14.8. The van der Waals surface area contributed by atoms with Crippen LogP contribution in [-0.2, 0) is 16.9 Å². The molecule has 0 bridgehead atoms. The molecule has 8 heteroatoms. The molecule has 0 spiro atoms. The van der Waals surface area contributed by atoms with E-state index in [1.54, 1.807) is 18.2 Å². The van der Waals surface area contributed by atoms with Gasteiger partial charge < -0.3 is 24.5 Å². The zero-order chi connectivity index (χ0) is 20.1. The van der Waals surface area contributed by atoms with Crippen LogP contribution in [-0.4, -0.2) is 28.8 Å². The standard InChI is InChI=1S/C20H18FNO5S/c21-15-2-4-16(5-3-15)28(25)12-14-1-6-17(13-7-9-26-11-13)19(27-10-8-22)18(14)20(23)24/h1-7,9,11H,8,10,12,22H2,(H,23,24). The number of carboxylic acids is 1. The highest BCUT2D eigenvalue weighted by molar-refractivity contribution is 7.90. The van der Waals surface area contributed by atoms with E-state index in [1.165, 1.54) is 36.8 Å². The molecule has 0 saturated heterocycles. The summed E-state index contributed by atoms with van der Waals surface area (Å²) < 4.78 is 36.5. The monoisotopic (exact) mass is 403 g/mol. The summed E-state index contributed by atoms with van der Waals surface area (Å²) >= 11 is -1.56. The number of nitrogens with two attached hydrogens (primary N) is 1. The quantitative estimate of drug-likeness (QED) is 0.558. The summed E-state index contributed by atoms with van der Waals surface area (Å²) in [6.45, 7) is 0.325. The van der Waals surface area contributed by atoms with Gasteiger partial charge in [-0.05, 0) is 41.5 Å². The van der Waals surface area contributed by atoms with Crippen LogP contribution in [0.15, 0.2) is 64.3 Å². The molecule has 0 saturated carbocycles. The van der Waals surface area contributed by atoms with Crippen molar-refractivity contribution >= 4 is 17.1 Å². The molecule has 0 amide bonds. The molecule has 146 valence electrons. The fourth-order valence-electron chi connectivity index (χ4n) is 2.75. The van der Waals surface area contributed by atoms with Crippen LogP contribution in [0.5, 0.6) is 5.75 Å². The number of rotatable bonds is 8. The molecule has 0 aliphatic rings. The van der Waals surface area contributed by atoms with Crippen LogP contribution in [0.4, 0.5) is 4.39 Å². The number of carbonyl (C=O) groups is 1. The lowest BCUT2D eigenvalue weighted by atomic mass is 9.99. The highest BCUT2D eigenvalue weighted by Crippen LogP contribution is 2.37. The topological polar surface area (TPSA) is 109 Å². The fraction of sp³-hybridized carbons (Fsp3) is 0.150.